The van der Waals surface area contributed by atoms with Crippen molar-refractivity contribution in [3.63, 3.8) is 0 Å². The molecule has 1 rings (SSSR count). The first kappa shape index (κ1) is 15.4. The van der Waals surface area contributed by atoms with Gasteiger partial charge in [0.25, 0.3) is 0 Å². The lowest BCUT2D eigenvalue weighted by molar-refractivity contribution is -0.135. The molecule has 104 valence electrons. The molecular formula is C12H19F3N2S. The van der Waals surface area contributed by atoms with Crippen LogP contribution in [-0.4, -0.2) is 17.7 Å². The number of hydrogen-bond donors (Lipinski definition) is 1. The lowest BCUT2D eigenvalue weighted by Crippen LogP contribution is -2.22. The zero-order valence-electron chi connectivity index (χ0n) is 10.7. The summed E-state index contributed by atoms with van der Waals surface area (Å²) in [7, 11) is 0. The van der Waals surface area contributed by atoms with Crippen molar-refractivity contribution in [1.29, 1.82) is 0 Å². The summed E-state index contributed by atoms with van der Waals surface area (Å²) in [6, 6.07) is -0.00139. The molecule has 1 unspecified atom stereocenters. The molecule has 18 heavy (non-hydrogen) atoms. The van der Waals surface area contributed by atoms with Gasteiger partial charge in [0, 0.05) is 23.5 Å². The average molecular weight is 280 g/mol. The topological polar surface area (TPSA) is 24.9 Å². The molecule has 1 aromatic heterocycles. The molecule has 6 heteroatoms. The van der Waals surface area contributed by atoms with Crippen molar-refractivity contribution in [2.75, 3.05) is 6.54 Å². The van der Waals surface area contributed by atoms with E-state index in [0.29, 0.717) is 6.42 Å². The van der Waals surface area contributed by atoms with Crippen molar-refractivity contribution in [2.45, 2.75) is 51.7 Å². The maximum atomic E-state index is 12.1. The summed E-state index contributed by atoms with van der Waals surface area (Å²) in [5, 5.41) is 4.24. The minimum absolute atomic E-state index is 0.00139. The average Bonchev–Trinajstić information content (AvgIpc) is 2.68. The molecule has 0 amide bonds. The molecule has 0 aliphatic carbocycles. The second kappa shape index (κ2) is 7.09. The van der Waals surface area contributed by atoms with Crippen molar-refractivity contribution in [1.82, 2.24) is 10.3 Å². The Labute approximate surface area is 110 Å². The Morgan fingerprint density at radius 3 is 2.67 bits per heavy atom. The van der Waals surface area contributed by atoms with Gasteiger partial charge < -0.3 is 5.32 Å². The molecule has 0 aliphatic rings. The van der Waals surface area contributed by atoms with E-state index in [4.69, 9.17) is 0 Å². The number of hydrogen-bond acceptors (Lipinski definition) is 3. The van der Waals surface area contributed by atoms with Crippen LogP contribution in [0.2, 0.25) is 0 Å². The van der Waals surface area contributed by atoms with E-state index >= 15 is 0 Å². The number of halogens is 3. The Kier molecular flexibility index (Phi) is 6.08. The predicted molar refractivity (Wildman–Crippen MR) is 67.8 cm³/mol. The van der Waals surface area contributed by atoms with Crippen LogP contribution in [0.1, 0.15) is 48.5 Å². The van der Waals surface area contributed by atoms with Crippen molar-refractivity contribution in [3.05, 3.63) is 16.1 Å². The highest BCUT2D eigenvalue weighted by molar-refractivity contribution is 7.11. The third-order valence-corrected chi connectivity index (χ3v) is 3.60. The van der Waals surface area contributed by atoms with E-state index in [-0.39, 0.29) is 12.5 Å². The lowest BCUT2D eigenvalue weighted by Gasteiger charge is -2.17. The second-order valence-electron chi connectivity index (χ2n) is 4.30. The monoisotopic (exact) mass is 280 g/mol. The fourth-order valence-electron chi connectivity index (χ4n) is 1.71. The van der Waals surface area contributed by atoms with Gasteiger partial charge in [-0.25, -0.2) is 4.98 Å². The minimum Gasteiger partial charge on any atom is -0.309 e. The minimum atomic E-state index is -4.06. The van der Waals surface area contributed by atoms with Crippen LogP contribution in [0.25, 0.3) is 0 Å². The van der Waals surface area contributed by atoms with Crippen LogP contribution in [0, 0.1) is 6.92 Å². The fourth-order valence-corrected chi connectivity index (χ4v) is 2.60. The Balaban J connectivity index is 2.51. The molecule has 0 aliphatic heterocycles. The molecule has 1 N–H and O–H groups in total. The van der Waals surface area contributed by atoms with Gasteiger partial charge in [0.05, 0.1) is 5.01 Å². The summed E-state index contributed by atoms with van der Waals surface area (Å²) in [5.74, 6) is 0. The van der Waals surface area contributed by atoms with Gasteiger partial charge in [-0.05, 0) is 32.7 Å². The van der Waals surface area contributed by atoms with E-state index in [0.717, 1.165) is 22.9 Å². The smallest absolute Gasteiger partial charge is 0.309 e. The molecule has 0 bridgehead atoms. The van der Waals surface area contributed by atoms with Gasteiger partial charge >= 0.3 is 6.18 Å². The molecule has 2 nitrogen and oxygen atoms in total. The third kappa shape index (κ3) is 5.82. The van der Waals surface area contributed by atoms with Crippen LogP contribution < -0.4 is 5.32 Å². The normalized spacial score (nSPS) is 13.8. The summed E-state index contributed by atoms with van der Waals surface area (Å²) in [4.78, 5) is 5.19. The van der Waals surface area contributed by atoms with Gasteiger partial charge in [-0.3, -0.25) is 0 Å². The van der Waals surface area contributed by atoms with Gasteiger partial charge in [-0.2, -0.15) is 13.2 Å². The maximum Gasteiger partial charge on any atom is 0.389 e. The molecular weight excluding hydrogens is 261 g/mol. The molecule has 0 radical (unpaired) electrons. The first-order valence-electron chi connectivity index (χ1n) is 6.15. The van der Waals surface area contributed by atoms with E-state index in [9.17, 15) is 13.2 Å². The summed E-state index contributed by atoms with van der Waals surface area (Å²) in [6.07, 6.45) is -1.38. The van der Waals surface area contributed by atoms with Crippen LogP contribution in [0.5, 0.6) is 0 Å². The van der Waals surface area contributed by atoms with Crippen molar-refractivity contribution >= 4 is 11.3 Å². The first-order valence-corrected chi connectivity index (χ1v) is 6.96. The van der Waals surface area contributed by atoms with E-state index in [2.05, 4.69) is 10.3 Å². The summed E-state index contributed by atoms with van der Waals surface area (Å²) < 4.78 is 36.4. The SMILES string of the molecule is CCCNC(CCCC(F)(F)F)c1cnc(C)s1. The number of thiazole rings is 1. The van der Waals surface area contributed by atoms with Gasteiger partial charge in [-0.1, -0.05) is 6.92 Å². The summed E-state index contributed by atoms with van der Waals surface area (Å²) in [5.41, 5.74) is 0. The highest BCUT2D eigenvalue weighted by Crippen LogP contribution is 2.28. The quantitative estimate of drug-likeness (QED) is 0.808. The molecule has 1 heterocycles. The Bertz CT molecular complexity index is 349. The maximum absolute atomic E-state index is 12.1. The Morgan fingerprint density at radius 1 is 1.44 bits per heavy atom. The summed E-state index contributed by atoms with van der Waals surface area (Å²) >= 11 is 1.55. The van der Waals surface area contributed by atoms with Gasteiger partial charge in [0.2, 0.25) is 0 Å². The highest BCUT2D eigenvalue weighted by Gasteiger charge is 2.27. The second-order valence-corrected chi connectivity index (χ2v) is 5.56. The molecule has 0 saturated heterocycles. The van der Waals surface area contributed by atoms with E-state index in [1.807, 2.05) is 13.8 Å². The van der Waals surface area contributed by atoms with Gasteiger partial charge in [0.1, 0.15) is 0 Å². The highest BCUT2D eigenvalue weighted by atomic mass is 32.1. The molecule has 0 spiro atoms. The van der Waals surface area contributed by atoms with E-state index in [1.54, 1.807) is 17.5 Å². The third-order valence-electron chi connectivity index (χ3n) is 2.58. The number of rotatable bonds is 7. The molecule has 0 fully saturated rings. The lowest BCUT2D eigenvalue weighted by atomic mass is 10.1. The number of nitrogens with one attached hydrogen (secondary N) is 1. The predicted octanol–water partition coefficient (Wildman–Crippen LogP) is 4.22. The van der Waals surface area contributed by atoms with Gasteiger partial charge in [-0.15, -0.1) is 11.3 Å². The molecule has 0 saturated carbocycles. The zero-order valence-corrected chi connectivity index (χ0v) is 11.5. The zero-order chi connectivity index (χ0) is 13.6. The van der Waals surface area contributed by atoms with Crippen LogP contribution in [0.4, 0.5) is 13.2 Å². The Hall–Kier alpha value is -0.620. The fraction of sp³-hybridized carbons (Fsp3) is 0.750. The van der Waals surface area contributed by atoms with Crippen LogP contribution in [0.15, 0.2) is 6.20 Å². The number of nitrogens with zero attached hydrogens (tertiary/aromatic N) is 1. The first-order chi connectivity index (χ1) is 8.42. The number of alkyl halides is 3. The molecule has 1 atom stereocenters. The van der Waals surface area contributed by atoms with Crippen LogP contribution in [0.3, 0.4) is 0 Å². The van der Waals surface area contributed by atoms with Crippen molar-refractivity contribution in [2.24, 2.45) is 0 Å². The molecule has 0 aromatic carbocycles. The number of aromatic nitrogens is 1. The number of aryl methyl sites for hydroxylation is 1. The van der Waals surface area contributed by atoms with Gasteiger partial charge in [0.15, 0.2) is 0 Å². The van der Waals surface area contributed by atoms with Crippen LogP contribution in [-0.2, 0) is 0 Å². The van der Waals surface area contributed by atoms with Crippen molar-refractivity contribution in [3.8, 4) is 0 Å². The van der Waals surface area contributed by atoms with Crippen molar-refractivity contribution < 1.29 is 13.2 Å². The largest absolute Gasteiger partial charge is 0.389 e. The van der Waals surface area contributed by atoms with E-state index < -0.39 is 12.6 Å². The molecule has 1 aromatic rings. The Morgan fingerprint density at radius 2 is 2.17 bits per heavy atom. The van der Waals surface area contributed by atoms with Crippen LogP contribution >= 0.6 is 11.3 Å². The summed E-state index contributed by atoms with van der Waals surface area (Å²) in [6.45, 7) is 4.76. The standard InChI is InChI=1S/C12H19F3N2S/c1-3-7-16-10(5-4-6-12(13,14)15)11-8-17-9(2)18-11/h8,10,16H,3-7H2,1-2H3. The van der Waals surface area contributed by atoms with E-state index in [1.165, 1.54) is 0 Å².